The molecule has 0 amide bonds. The van der Waals surface area contributed by atoms with Gasteiger partial charge in [-0.25, -0.2) is 8.78 Å². The van der Waals surface area contributed by atoms with Crippen molar-refractivity contribution >= 4 is 27.5 Å². The van der Waals surface area contributed by atoms with Gasteiger partial charge in [-0.1, -0.05) is 52.7 Å². The minimum absolute atomic E-state index is 0.281. The van der Waals surface area contributed by atoms with E-state index in [9.17, 15) is 8.78 Å². The highest BCUT2D eigenvalue weighted by molar-refractivity contribution is 9.10. The standard InChI is InChI=1S/C16H15BrClF2N/c1-3-21-16(11-7-5-10(18)8-13(11)17)12-6-4-9(2)14(19)15(12)20/h4-8,16,21H,3H2,1-2H3. The Morgan fingerprint density at radius 2 is 1.81 bits per heavy atom. The van der Waals surface area contributed by atoms with Crippen molar-refractivity contribution < 1.29 is 8.78 Å². The first-order chi connectivity index (χ1) is 9.95. The fraction of sp³-hybridized carbons (Fsp3) is 0.250. The van der Waals surface area contributed by atoms with Crippen molar-refractivity contribution in [1.29, 1.82) is 0 Å². The van der Waals surface area contributed by atoms with Crippen LogP contribution >= 0.6 is 27.5 Å². The van der Waals surface area contributed by atoms with Crippen LogP contribution in [-0.2, 0) is 0 Å². The van der Waals surface area contributed by atoms with Gasteiger partial charge in [-0.05, 0) is 36.7 Å². The van der Waals surface area contributed by atoms with Gasteiger partial charge in [0.2, 0.25) is 0 Å². The van der Waals surface area contributed by atoms with Gasteiger partial charge >= 0.3 is 0 Å². The maximum Gasteiger partial charge on any atom is 0.164 e. The Labute approximate surface area is 136 Å². The van der Waals surface area contributed by atoms with Gasteiger partial charge in [0.25, 0.3) is 0 Å². The Hall–Kier alpha value is -0.970. The summed E-state index contributed by atoms with van der Waals surface area (Å²) in [6.45, 7) is 4.08. The van der Waals surface area contributed by atoms with E-state index in [1.165, 1.54) is 0 Å². The predicted octanol–water partition coefficient (Wildman–Crippen LogP) is 5.39. The predicted molar refractivity (Wildman–Crippen MR) is 85.8 cm³/mol. The zero-order valence-electron chi connectivity index (χ0n) is 11.7. The molecule has 0 aliphatic carbocycles. The van der Waals surface area contributed by atoms with Crippen LogP contribution in [0.25, 0.3) is 0 Å². The lowest BCUT2D eigenvalue weighted by atomic mass is 9.97. The van der Waals surface area contributed by atoms with E-state index in [0.717, 1.165) is 10.0 Å². The third-order valence-electron chi connectivity index (χ3n) is 3.30. The number of nitrogens with one attached hydrogen (secondary N) is 1. The fourth-order valence-electron chi connectivity index (χ4n) is 2.21. The van der Waals surface area contributed by atoms with Gasteiger partial charge < -0.3 is 5.32 Å². The van der Waals surface area contributed by atoms with Crippen molar-refractivity contribution in [2.24, 2.45) is 0 Å². The highest BCUT2D eigenvalue weighted by atomic mass is 79.9. The monoisotopic (exact) mass is 373 g/mol. The summed E-state index contributed by atoms with van der Waals surface area (Å²) in [4.78, 5) is 0. The van der Waals surface area contributed by atoms with Gasteiger partial charge in [0.1, 0.15) is 0 Å². The summed E-state index contributed by atoms with van der Waals surface area (Å²) < 4.78 is 28.9. The highest BCUT2D eigenvalue weighted by Gasteiger charge is 2.22. The molecule has 0 radical (unpaired) electrons. The van der Waals surface area contributed by atoms with Gasteiger partial charge in [0.15, 0.2) is 11.6 Å². The van der Waals surface area contributed by atoms with Crippen LogP contribution in [0.5, 0.6) is 0 Å². The zero-order valence-corrected chi connectivity index (χ0v) is 14.0. The molecule has 0 heterocycles. The smallest absolute Gasteiger partial charge is 0.164 e. The topological polar surface area (TPSA) is 12.0 Å². The van der Waals surface area contributed by atoms with E-state index in [1.54, 1.807) is 37.3 Å². The first kappa shape index (κ1) is 16.4. The van der Waals surface area contributed by atoms with E-state index >= 15 is 0 Å². The first-order valence-electron chi connectivity index (χ1n) is 6.58. The van der Waals surface area contributed by atoms with Crippen LogP contribution in [0.15, 0.2) is 34.8 Å². The number of benzene rings is 2. The van der Waals surface area contributed by atoms with E-state index in [1.807, 2.05) is 6.92 Å². The third kappa shape index (κ3) is 3.44. The van der Waals surface area contributed by atoms with E-state index in [2.05, 4.69) is 21.2 Å². The molecule has 0 fully saturated rings. The van der Waals surface area contributed by atoms with Crippen LogP contribution in [-0.4, -0.2) is 6.54 Å². The number of hydrogen-bond acceptors (Lipinski definition) is 1. The molecule has 1 atom stereocenters. The van der Waals surface area contributed by atoms with Crippen molar-refractivity contribution in [3.05, 3.63) is 68.2 Å². The summed E-state index contributed by atoms with van der Waals surface area (Å²) in [6.07, 6.45) is 0. The lowest BCUT2D eigenvalue weighted by molar-refractivity contribution is 0.478. The quantitative estimate of drug-likeness (QED) is 0.757. The van der Waals surface area contributed by atoms with Gasteiger partial charge in [-0.2, -0.15) is 0 Å². The van der Waals surface area contributed by atoms with Crippen molar-refractivity contribution in [3.63, 3.8) is 0 Å². The van der Waals surface area contributed by atoms with Crippen molar-refractivity contribution in [1.82, 2.24) is 5.32 Å². The Morgan fingerprint density at radius 1 is 1.14 bits per heavy atom. The van der Waals surface area contributed by atoms with Crippen LogP contribution in [0.1, 0.15) is 29.7 Å². The Bertz CT molecular complexity index is 661. The minimum atomic E-state index is -0.817. The molecule has 5 heteroatoms. The van der Waals surface area contributed by atoms with Gasteiger partial charge in [0, 0.05) is 15.1 Å². The molecule has 1 N–H and O–H groups in total. The minimum Gasteiger partial charge on any atom is -0.306 e. The van der Waals surface area contributed by atoms with E-state index in [4.69, 9.17) is 11.6 Å². The Kier molecular flexibility index (Phi) is 5.36. The van der Waals surface area contributed by atoms with Crippen LogP contribution in [0.4, 0.5) is 8.78 Å². The number of hydrogen-bond donors (Lipinski definition) is 1. The van der Waals surface area contributed by atoms with Crippen molar-refractivity contribution in [2.75, 3.05) is 6.54 Å². The molecule has 0 saturated heterocycles. The molecule has 0 spiro atoms. The summed E-state index contributed by atoms with van der Waals surface area (Å²) in [6, 6.07) is 8.02. The SMILES string of the molecule is CCNC(c1ccc(Cl)cc1Br)c1ccc(C)c(F)c1F. The number of aryl methyl sites for hydroxylation is 1. The molecule has 1 unspecified atom stereocenters. The van der Waals surface area contributed by atoms with Crippen molar-refractivity contribution in [2.45, 2.75) is 19.9 Å². The van der Waals surface area contributed by atoms with E-state index in [0.29, 0.717) is 17.1 Å². The highest BCUT2D eigenvalue weighted by Crippen LogP contribution is 2.33. The van der Waals surface area contributed by atoms with Gasteiger partial charge in [0.05, 0.1) is 6.04 Å². The van der Waals surface area contributed by atoms with Crippen molar-refractivity contribution in [3.8, 4) is 0 Å². The maximum atomic E-state index is 14.3. The molecule has 1 nitrogen and oxygen atoms in total. The Balaban J connectivity index is 2.56. The summed E-state index contributed by atoms with van der Waals surface area (Å²) >= 11 is 9.37. The molecule has 0 aromatic heterocycles. The third-order valence-corrected chi connectivity index (χ3v) is 4.22. The van der Waals surface area contributed by atoms with Gasteiger partial charge in [-0.15, -0.1) is 0 Å². The van der Waals surface area contributed by atoms with Crippen LogP contribution in [0.3, 0.4) is 0 Å². The number of rotatable bonds is 4. The molecule has 21 heavy (non-hydrogen) atoms. The lowest BCUT2D eigenvalue weighted by Gasteiger charge is -2.21. The molecule has 2 aromatic carbocycles. The summed E-state index contributed by atoms with van der Waals surface area (Å²) in [5.74, 6) is -1.62. The maximum absolute atomic E-state index is 14.3. The summed E-state index contributed by atoms with van der Waals surface area (Å²) in [7, 11) is 0. The second-order valence-corrected chi connectivity index (χ2v) is 6.05. The Morgan fingerprint density at radius 3 is 2.43 bits per heavy atom. The molecule has 0 aliphatic heterocycles. The molecule has 2 aromatic rings. The van der Waals surface area contributed by atoms with Crippen LogP contribution in [0, 0.1) is 18.6 Å². The zero-order chi connectivity index (χ0) is 15.6. The fourth-order valence-corrected chi connectivity index (χ4v) is 3.12. The molecule has 0 aliphatic rings. The molecule has 2 rings (SSSR count). The molecular weight excluding hydrogens is 360 g/mol. The summed E-state index contributed by atoms with van der Waals surface area (Å²) in [5.41, 5.74) is 1.38. The molecule has 0 saturated carbocycles. The first-order valence-corrected chi connectivity index (χ1v) is 7.75. The largest absolute Gasteiger partial charge is 0.306 e. The van der Waals surface area contributed by atoms with E-state index < -0.39 is 17.7 Å². The average Bonchev–Trinajstić information content (AvgIpc) is 2.44. The van der Waals surface area contributed by atoms with Crippen LogP contribution in [0.2, 0.25) is 5.02 Å². The second-order valence-electron chi connectivity index (χ2n) is 4.76. The number of halogens is 4. The second kappa shape index (κ2) is 6.86. The molecular formula is C16H15BrClF2N. The normalized spacial score (nSPS) is 12.5. The molecule has 0 bridgehead atoms. The van der Waals surface area contributed by atoms with E-state index in [-0.39, 0.29) is 5.56 Å². The molecule has 112 valence electrons. The summed E-state index contributed by atoms with van der Waals surface area (Å²) in [5, 5.41) is 3.76. The van der Waals surface area contributed by atoms with Gasteiger partial charge in [-0.3, -0.25) is 0 Å². The average molecular weight is 375 g/mol. The van der Waals surface area contributed by atoms with Crippen LogP contribution < -0.4 is 5.32 Å². The lowest BCUT2D eigenvalue weighted by Crippen LogP contribution is -2.24.